The van der Waals surface area contributed by atoms with Crippen LogP contribution in [-0.2, 0) is 14.8 Å². The van der Waals surface area contributed by atoms with Gasteiger partial charge in [-0.15, -0.1) is 0 Å². The fourth-order valence-electron chi connectivity index (χ4n) is 4.15. The van der Waals surface area contributed by atoms with E-state index in [-0.39, 0.29) is 22.6 Å². The summed E-state index contributed by atoms with van der Waals surface area (Å²) < 4.78 is 27.0. The number of amides is 2. The number of hydrogen-bond acceptors (Lipinski definition) is 4. The number of anilines is 1. The Labute approximate surface area is 183 Å². The summed E-state index contributed by atoms with van der Waals surface area (Å²) in [7, 11) is -3.51. The Morgan fingerprint density at radius 3 is 2.32 bits per heavy atom. The standard InChI is InChI=1S/C23H27N3O4S/c27-22-15-18(17-26(22)20-7-3-1-4-8-20)16-24-23(28)19-9-11-21(12-10-19)31(29,30)25-13-5-2-6-14-25/h1,3-4,7-12,18H,2,5-6,13-17H2,(H,24,28). The van der Waals surface area contributed by atoms with Gasteiger partial charge in [0.1, 0.15) is 0 Å². The van der Waals surface area contributed by atoms with E-state index >= 15 is 0 Å². The van der Waals surface area contributed by atoms with Crippen LogP contribution >= 0.6 is 0 Å². The minimum absolute atomic E-state index is 0.0374. The molecular formula is C23H27N3O4S. The summed E-state index contributed by atoms with van der Waals surface area (Å²) in [5, 5.41) is 2.88. The number of carbonyl (C=O) groups excluding carboxylic acids is 2. The molecule has 31 heavy (non-hydrogen) atoms. The first-order valence-electron chi connectivity index (χ1n) is 10.7. The van der Waals surface area contributed by atoms with Gasteiger partial charge in [-0.2, -0.15) is 4.31 Å². The number of nitrogens with one attached hydrogen (secondary N) is 1. The van der Waals surface area contributed by atoms with Gasteiger partial charge in [0.25, 0.3) is 5.91 Å². The van der Waals surface area contributed by atoms with Crippen molar-refractivity contribution in [1.29, 1.82) is 0 Å². The summed E-state index contributed by atoms with van der Waals surface area (Å²) >= 11 is 0. The maximum atomic E-state index is 12.7. The first-order valence-corrected chi connectivity index (χ1v) is 12.1. The van der Waals surface area contributed by atoms with Gasteiger partial charge in [0.15, 0.2) is 0 Å². The van der Waals surface area contributed by atoms with Crippen molar-refractivity contribution in [3.05, 3.63) is 60.2 Å². The summed E-state index contributed by atoms with van der Waals surface area (Å²) in [4.78, 5) is 26.8. The van der Waals surface area contributed by atoms with Gasteiger partial charge in [-0.3, -0.25) is 9.59 Å². The third-order valence-corrected chi connectivity index (χ3v) is 7.81. The topological polar surface area (TPSA) is 86.8 Å². The number of para-hydroxylation sites is 1. The summed E-state index contributed by atoms with van der Waals surface area (Å²) in [6.07, 6.45) is 3.21. The highest BCUT2D eigenvalue weighted by atomic mass is 32.2. The first-order chi connectivity index (χ1) is 14.9. The van der Waals surface area contributed by atoms with E-state index in [0.717, 1.165) is 24.9 Å². The number of benzene rings is 2. The number of sulfonamides is 1. The van der Waals surface area contributed by atoms with Crippen LogP contribution in [0.3, 0.4) is 0 Å². The Kier molecular flexibility index (Phi) is 6.38. The van der Waals surface area contributed by atoms with E-state index in [1.165, 1.54) is 16.4 Å². The highest BCUT2D eigenvalue weighted by molar-refractivity contribution is 7.89. The monoisotopic (exact) mass is 441 g/mol. The molecule has 1 atom stereocenters. The fraction of sp³-hybridized carbons (Fsp3) is 0.391. The number of rotatable bonds is 6. The molecule has 2 saturated heterocycles. The van der Waals surface area contributed by atoms with E-state index in [9.17, 15) is 18.0 Å². The van der Waals surface area contributed by atoms with Crippen LogP contribution in [0, 0.1) is 5.92 Å². The smallest absolute Gasteiger partial charge is 0.251 e. The predicted molar refractivity (Wildman–Crippen MR) is 118 cm³/mol. The summed E-state index contributed by atoms with van der Waals surface area (Å²) in [5.41, 5.74) is 1.27. The van der Waals surface area contributed by atoms with E-state index in [4.69, 9.17) is 0 Å². The molecular weight excluding hydrogens is 414 g/mol. The quantitative estimate of drug-likeness (QED) is 0.747. The van der Waals surface area contributed by atoms with E-state index < -0.39 is 10.0 Å². The molecule has 2 aromatic carbocycles. The van der Waals surface area contributed by atoms with Crippen molar-refractivity contribution in [3.8, 4) is 0 Å². The van der Waals surface area contributed by atoms with E-state index in [1.54, 1.807) is 17.0 Å². The largest absolute Gasteiger partial charge is 0.352 e. The van der Waals surface area contributed by atoms with Gasteiger partial charge < -0.3 is 10.2 Å². The zero-order valence-corrected chi connectivity index (χ0v) is 18.2. The second-order valence-electron chi connectivity index (χ2n) is 8.11. The molecule has 8 heteroatoms. The number of piperidine rings is 1. The van der Waals surface area contributed by atoms with Crippen LogP contribution in [0.4, 0.5) is 5.69 Å². The van der Waals surface area contributed by atoms with Crippen molar-refractivity contribution in [2.45, 2.75) is 30.6 Å². The zero-order chi connectivity index (χ0) is 21.8. The Morgan fingerprint density at radius 2 is 1.65 bits per heavy atom. The molecule has 2 aliphatic rings. The van der Waals surface area contributed by atoms with Gasteiger partial charge in [0.2, 0.25) is 15.9 Å². The molecule has 2 aliphatic heterocycles. The lowest BCUT2D eigenvalue weighted by Gasteiger charge is -2.25. The highest BCUT2D eigenvalue weighted by Gasteiger charge is 2.31. The Balaban J connectivity index is 1.34. The highest BCUT2D eigenvalue weighted by Crippen LogP contribution is 2.24. The molecule has 0 saturated carbocycles. The van der Waals surface area contributed by atoms with Crippen molar-refractivity contribution in [1.82, 2.24) is 9.62 Å². The van der Waals surface area contributed by atoms with Gasteiger partial charge in [-0.1, -0.05) is 24.6 Å². The van der Waals surface area contributed by atoms with Crippen LogP contribution < -0.4 is 10.2 Å². The second-order valence-corrected chi connectivity index (χ2v) is 10.0. The fourth-order valence-corrected chi connectivity index (χ4v) is 5.66. The maximum absolute atomic E-state index is 12.7. The number of carbonyl (C=O) groups is 2. The number of nitrogens with zero attached hydrogens (tertiary/aromatic N) is 2. The molecule has 1 N–H and O–H groups in total. The average molecular weight is 442 g/mol. The Bertz CT molecular complexity index is 1030. The third kappa shape index (κ3) is 4.80. The molecule has 4 rings (SSSR count). The van der Waals surface area contributed by atoms with Crippen LogP contribution in [0.25, 0.3) is 0 Å². The van der Waals surface area contributed by atoms with Crippen molar-refractivity contribution < 1.29 is 18.0 Å². The van der Waals surface area contributed by atoms with E-state index in [2.05, 4.69) is 5.32 Å². The average Bonchev–Trinajstić information content (AvgIpc) is 3.19. The summed E-state index contributed by atoms with van der Waals surface area (Å²) in [6, 6.07) is 15.6. The molecule has 2 aromatic rings. The summed E-state index contributed by atoms with van der Waals surface area (Å²) in [5.74, 6) is -0.180. The molecule has 0 radical (unpaired) electrons. The van der Waals surface area contributed by atoms with Crippen molar-refractivity contribution in [3.63, 3.8) is 0 Å². The predicted octanol–water partition coefficient (Wildman–Crippen LogP) is 2.64. The van der Waals surface area contributed by atoms with Crippen LogP contribution in [0.15, 0.2) is 59.5 Å². The molecule has 7 nitrogen and oxygen atoms in total. The summed E-state index contributed by atoms with van der Waals surface area (Å²) in [6.45, 7) is 2.05. The molecule has 0 spiro atoms. The van der Waals surface area contributed by atoms with Crippen LogP contribution in [-0.4, -0.2) is 50.7 Å². The normalized spacial score (nSPS) is 20.1. The lowest BCUT2D eigenvalue weighted by Crippen LogP contribution is -2.35. The minimum Gasteiger partial charge on any atom is -0.352 e. The van der Waals surface area contributed by atoms with E-state index in [0.29, 0.717) is 38.2 Å². The molecule has 1 unspecified atom stereocenters. The molecule has 2 fully saturated rings. The van der Waals surface area contributed by atoms with Crippen LogP contribution in [0.1, 0.15) is 36.0 Å². The van der Waals surface area contributed by atoms with Crippen LogP contribution in [0.2, 0.25) is 0 Å². The molecule has 2 amide bonds. The molecule has 2 heterocycles. The van der Waals surface area contributed by atoms with Gasteiger partial charge in [0.05, 0.1) is 4.90 Å². The van der Waals surface area contributed by atoms with Crippen molar-refractivity contribution >= 4 is 27.5 Å². The Hall–Kier alpha value is -2.71. The zero-order valence-electron chi connectivity index (χ0n) is 17.4. The van der Waals surface area contributed by atoms with E-state index in [1.807, 2.05) is 30.3 Å². The molecule has 0 aromatic heterocycles. The first kappa shape index (κ1) is 21.5. The van der Waals surface area contributed by atoms with Gasteiger partial charge in [0, 0.05) is 49.8 Å². The lowest BCUT2D eigenvalue weighted by atomic mass is 10.1. The minimum atomic E-state index is -3.51. The SMILES string of the molecule is O=C(NCC1CC(=O)N(c2ccccc2)C1)c1ccc(S(=O)(=O)N2CCCCC2)cc1. The third-order valence-electron chi connectivity index (χ3n) is 5.89. The van der Waals surface area contributed by atoms with Crippen LogP contribution in [0.5, 0.6) is 0 Å². The maximum Gasteiger partial charge on any atom is 0.251 e. The Morgan fingerprint density at radius 1 is 0.968 bits per heavy atom. The van der Waals surface area contributed by atoms with Gasteiger partial charge in [-0.25, -0.2) is 8.42 Å². The van der Waals surface area contributed by atoms with Crippen molar-refractivity contribution in [2.75, 3.05) is 31.1 Å². The number of hydrogen-bond donors (Lipinski definition) is 1. The van der Waals surface area contributed by atoms with Gasteiger partial charge >= 0.3 is 0 Å². The molecule has 0 bridgehead atoms. The lowest BCUT2D eigenvalue weighted by molar-refractivity contribution is -0.117. The second kappa shape index (κ2) is 9.20. The van der Waals surface area contributed by atoms with Crippen molar-refractivity contribution in [2.24, 2.45) is 5.92 Å². The van der Waals surface area contributed by atoms with Gasteiger partial charge in [-0.05, 0) is 49.2 Å². The molecule has 0 aliphatic carbocycles. The molecule has 164 valence electrons.